The molecular weight excluding hydrogens is 250 g/mol. The van der Waals surface area contributed by atoms with Crippen LogP contribution in [0.25, 0.3) is 6.08 Å². The minimum Gasteiger partial charge on any atom is -0.370 e. The Labute approximate surface area is 122 Å². The monoisotopic (exact) mass is 275 g/mol. The molecule has 3 nitrogen and oxygen atoms in total. The van der Waals surface area contributed by atoms with E-state index in [-0.39, 0.29) is 12.0 Å². The Morgan fingerprint density at radius 2 is 2.00 bits per heavy atom. The van der Waals surface area contributed by atoms with E-state index in [1.165, 1.54) is 26.2 Å². The van der Waals surface area contributed by atoms with E-state index >= 15 is 0 Å². The van der Waals surface area contributed by atoms with Crippen molar-refractivity contribution in [1.82, 2.24) is 5.48 Å². The molecule has 0 fully saturated rings. The predicted molar refractivity (Wildman–Crippen MR) is 82.9 cm³/mol. The van der Waals surface area contributed by atoms with Gasteiger partial charge in [0.05, 0.1) is 6.04 Å². The summed E-state index contributed by atoms with van der Waals surface area (Å²) in [5.41, 5.74) is 3.98. The summed E-state index contributed by atoms with van der Waals surface area (Å²) in [4.78, 5) is 15.8. The fourth-order valence-electron chi connectivity index (χ4n) is 1.94. The van der Waals surface area contributed by atoms with E-state index in [9.17, 15) is 4.79 Å². The van der Waals surface area contributed by atoms with Gasteiger partial charge in [-0.15, -0.1) is 5.48 Å². The maximum Gasteiger partial charge on any atom is 0.321 e. The van der Waals surface area contributed by atoms with Crippen molar-refractivity contribution in [2.75, 3.05) is 0 Å². The first kappa shape index (κ1) is 16.4. The van der Waals surface area contributed by atoms with Gasteiger partial charge in [-0.3, -0.25) is 4.79 Å². The molecule has 0 radical (unpaired) electrons. The summed E-state index contributed by atoms with van der Waals surface area (Å²) >= 11 is 0. The summed E-state index contributed by atoms with van der Waals surface area (Å²) in [5, 5.41) is 0. The molecule has 0 saturated carbocycles. The number of carbonyl (C=O) groups is 1. The topological polar surface area (TPSA) is 38.3 Å². The Morgan fingerprint density at radius 1 is 1.25 bits per heavy atom. The van der Waals surface area contributed by atoms with Crippen molar-refractivity contribution >= 4 is 12.0 Å². The molecule has 1 unspecified atom stereocenters. The molecule has 110 valence electrons. The largest absolute Gasteiger partial charge is 0.370 e. The SMILES string of the molecule is CCCCCCC(C=Cc1ccccc1)NOC(C)=O. The molecule has 1 aromatic rings. The molecule has 0 heterocycles. The third-order valence-corrected chi connectivity index (χ3v) is 3.04. The number of benzene rings is 1. The van der Waals surface area contributed by atoms with Crippen molar-refractivity contribution < 1.29 is 9.63 Å². The molecule has 1 aromatic carbocycles. The number of unbranched alkanes of at least 4 members (excludes halogenated alkanes) is 3. The van der Waals surface area contributed by atoms with Gasteiger partial charge in [0, 0.05) is 6.92 Å². The molecule has 0 spiro atoms. The molecule has 0 aliphatic carbocycles. The van der Waals surface area contributed by atoms with Crippen LogP contribution in [0.1, 0.15) is 51.5 Å². The molecule has 1 rings (SSSR count). The van der Waals surface area contributed by atoms with Crippen LogP contribution in [-0.4, -0.2) is 12.0 Å². The first-order chi connectivity index (χ1) is 9.72. The maximum atomic E-state index is 10.9. The number of carbonyl (C=O) groups excluding carboxylic acids is 1. The van der Waals surface area contributed by atoms with E-state index in [2.05, 4.69) is 36.7 Å². The van der Waals surface area contributed by atoms with Crippen LogP contribution >= 0.6 is 0 Å². The van der Waals surface area contributed by atoms with E-state index in [0.717, 1.165) is 18.4 Å². The van der Waals surface area contributed by atoms with Gasteiger partial charge in [-0.05, 0) is 12.0 Å². The van der Waals surface area contributed by atoms with Crippen molar-refractivity contribution in [3.05, 3.63) is 42.0 Å². The Morgan fingerprint density at radius 3 is 2.65 bits per heavy atom. The fourth-order valence-corrected chi connectivity index (χ4v) is 1.94. The quantitative estimate of drug-likeness (QED) is 0.544. The highest BCUT2D eigenvalue weighted by Crippen LogP contribution is 2.09. The van der Waals surface area contributed by atoms with Crippen LogP contribution in [0.5, 0.6) is 0 Å². The van der Waals surface area contributed by atoms with Gasteiger partial charge in [0.1, 0.15) is 0 Å². The Kier molecular flexibility index (Phi) is 8.40. The summed E-state index contributed by atoms with van der Waals surface area (Å²) in [5.74, 6) is -0.309. The van der Waals surface area contributed by atoms with E-state index in [1.807, 2.05) is 18.2 Å². The molecule has 1 N–H and O–H groups in total. The van der Waals surface area contributed by atoms with Crippen LogP contribution in [0, 0.1) is 0 Å². The van der Waals surface area contributed by atoms with Crippen LogP contribution in [0.3, 0.4) is 0 Å². The smallest absolute Gasteiger partial charge is 0.321 e. The molecule has 0 aliphatic rings. The summed E-state index contributed by atoms with van der Waals surface area (Å²) in [6.07, 6.45) is 9.91. The Hall–Kier alpha value is -1.61. The third-order valence-electron chi connectivity index (χ3n) is 3.04. The second-order valence-electron chi connectivity index (χ2n) is 4.94. The van der Waals surface area contributed by atoms with E-state index < -0.39 is 0 Å². The molecular formula is C17H25NO2. The Balaban J connectivity index is 2.48. The van der Waals surface area contributed by atoms with Gasteiger partial charge >= 0.3 is 5.97 Å². The zero-order chi connectivity index (χ0) is 14.6. The summed E-state index contributed by atoms with van der Waals surface area (Å²) in [6, 6.07) is 10.2. The van der Waals surface area contributed by atoms with Crippen LogP contribution in [0.15, 0.2) is 36.4 Å². The van der Waals surface area contributed by atoms with Crippen LogP contribution in [0.2, 0.25) is 0 Å². The molecule has 3 heteroatoms. The number of hydroxylamine groups is 1. The molecule has 0 aromatic heterocycles. The number of hydrogen-bond acceptors (Lipinski definition) is 3. The van der Waals surface area contributed by atoms with Crippen molar-refractivity contribution in [2.24, 2.45) is 0 Å². The van der Waals surface area contributed by atoms with Crippen LogP contribution in [0.4, 0.5) is 0 Å². The maximum absolute atomic E-state index is 10.9. The van der Waals surface area contributed by atoms with Gasteiger partial charge < -0.3 is 4.84 Å². The standard InChI is InChI=1S/C17H25NO2/c1-3-4-5-9-12-17(18-20-15(2)19)14-13-16-10-7-6-8-11-16/h6-8,10-11,13-14,17-18H,3-5,9,12H2,1-2H3. The average molecular weight is 275 g/mol. The molecule has 0 bridgehead atoms. The molecule has 0 aliphatic heterocycles. The zero-order valence-corrected chi connectivity index (χ0v) is 12.5. The highest BCUT2D eigenvalue weighted by molar-refractivity contribution is 5.65. The number of nitrogens with one attached hydrogen (secondary N) is 1. The second-order valence-corrected chi connectivity index (χ2v) is 4.94. The first-order valence-electron chi connectivity index (χ1n) is 7.38. The third kappa shape index (κ3) is 7.74. The van der Waals surface area contributed by atoms with E-state index in [4.69, 9.17) is 4.84 Å². The Bertz CT molecular complexity index is 401. The van der Waals surface area contributed by atoms with Gasteiger partial charge in [0.25, 0.3) is 0 Å². The predicted octanol–water partition coefficient (Wildman–Crippen LogP) is 4.11. The van der Waals surface area contributed by atoms with Crippen LogP contribution in [-0.2, 0) is 9.63 Å². The normalized spacial score (nSPS) is 12.5. The van der Waals surface area contributed by atoms with Gasteiger partial charge in [0.15, 0.2) is 0 Å². The lowest BCUT2D eigenvalue weighted by Gasteiger charge is -2.13. The molecule has 0 saturated heterocycles. The first-order valence-corrected chi connectivity index (χ1v) is 7.38. The summed E-state index contributed by atoms with van der Waals surface area (Å²) in [7, 11) is 0. The van der Waals surface area contributed by atoms with Crippen molar-refractivity contribution in [2.45, 2.75) is 52.0 Å². The van der Waals surface area contributed by atoms with Crippen molar-refractivity contribution in [3.8, 4) is 0 Å². The van der Waals surface area contributed by atoms with Gasteiger partial charge in [-0.2, -0.15) is 0 Å². The molecule has 0 amide bonds. The lowest BCUT2D eigenvalue weighted by molar-refractivity contribution is -0.149. The van der Waals surface area contributed by atoms with Crippen molar-refractivity contribution in [1.29, 1.82) is 0 Å². The van der Waals surface area contributed by atoms with Gasteiger partial charge in [-0.25, -0.2) is 0 Å². The summed E-state index contributed by atoms with van der Waals surface area (Å²) < 4.78 is 0. The average Bonchev–Trinajstić information content (AvgIpc) is 2.46. The summed E-state index contributed by atoms with van der Waals surface area (Å²) in [6.45, 7) is 3.60. The molecule has 1 atom stereocenters. The van der Waals surface area contributed by atoms with Gasteiger partial charge in [0.2, 0.25) is 0 Å². The van der Waals surface area contributed by atoms with Gasteiger partial charge in [-0.1, -0.05) is 75.1 Å². The van der Waals surface area contributed by atoms with E-state index in [0.29, 0.717) is 0 Å². The molecule has 20 heavy (non-hydrogen) atoms. The minimum absolute atomic E-state index is 0.0657. The second kappa shape index (κ2) is 10.2. The van der Waals surface area contributed by atoms with Crippen molar-refractivity contribution in [3.63, 3.8) is 0 Å². The lowest BCUT2D eigenvalue weighted by atomic mass is 10.1. The number of rotatable bonds is 9. The number of hydrogen-bond donors (Lipinski definition) is 1. The highest BCUT2D eigenvalue weighted by Gasteiger charge is 2.06. The van der Waals surface area contributed by atoms with E-state index in [1.54, 1.807) is 0 Å². The lowest BCUT2D eigenvalue weighted by Crippen LogP contribution is -2.29. The fraction of sp³-hybridized carbons (Fsp3) is 0.471. The highest BCUT2D eigenvalue weighted by atomic mass is 16.7. The zero-order valence-electron chi connectivity index (χ0n) is 12.5. The van der Waals surface area contributed by atoms with Crippen LogP contribution < -0.4 is 5.48 Å². The minimum atomic E-state index is -0.309.